The normalized spacial score (nSPS) is 11.5. The Morgan fingerprint density at radius 2 is 1.67 bits per heavy atom. The predicted molar refractivity (Wildman–Crippen MR) is 107 cm³/mol. The maximum absolute atomic E-state index is 9.44. The smallest absolute Gasteiger partial charge is 0.187 e. The van der Waals surface area contributed by atoms with E-state index >= 15 is 0 Å². The molecule has 0 saturated heterocycles. The third-order valence-electron chi connectivity index (χ3n) is 4.58. The Bertz CT molecular complexity index is 1160. The molecule has 0 spiro atoms. The Balaban J connectivity index is 1.93. The topological polar surface area (TPSA) is 62.2 Å². The SMILES string of the molecule is Cc1ccc(C)c(-c2nc3c(C)cccn3c2N=Nc2ccc(O)cc2)c1. The lowest BCUT2D eigenvalue weighted by Crippen LogP contribution is -1.86. The quantitative estimate of drug-likeness (QED) is 0.454. The zero-order valence-electron chi connectivity index (χ0n) is 15.5. The fourth-order valence-corrected chi connectivity index (χ4v) is 3.08. The molecule has 0 unspecified atom stereocenters. The molecule has 1 N–H and O–H groups in total. The van der Waals surface area contributed by atoms with E-state index in [4.69, 9.17) is 4.98 Å². The lowest BCUT2D eigenvalue weighted by molar-refractivity contribution is 0.475. The summed E-state index contributed by atoms with van der Waals surface area (Å²) in [5.41, 5.74) is 6.80. The largest absolute Gasteiger partial charge is 0.508 e. The number of phenols is 1. The maximum Gasteiger partial charge on any atom is 0.187 e. The lowest BCUT2D eigenvalue weighted by Gasteiger charge is -2.05. The average Bonchev–Trinajstić information content (AvgIpc) is 3.03. The molecule has 0 bridgehead atoms. The molecule has 0 fully saturated rings. The van der Waals surface area contributed by atoms with Crippen molar-refractivity contribution in [3.63, 3.8) is 0 Å². The van der Waals surface area contributed by atoms with E-state index in [0.717, 1.165) is 28.0 Å². The molecule has 5 heteroatoms. The first-order valence-corrected chi connectivity index (χ1v) is 8.79. The molecule has 5 nitrogen and oxygen atoms in total. The first kappa shape index (κ1) is 17.0. The summed E-state index contributed by atoms with van der Waals surface area (Å²) < 4.78 is 1.97. The van der Waals surface area contributed by atoms with Gasteiger partial charge in [0.2, 0.25) is 0 Å². The third kappa shape index (κ3) is 3.19. The summed E-state index contributed by atoms with van der Waals surface area (Å²) in [7, 11) is 0. The predicted octanol–water partition coefficient (Wildman–Crippen LogP) is 6.05. The molecule has 0 amide bonds. The van der Waals surface area contributed by atoms with E-state index in [0.29, 0.717) is 11.5 Å². The van der Waals surface area contributed by atoms with Crippen LogP contribution in [-0.2, 0) is 0 Å². The fraction of sp³-hybridized carbons (Fsp3) is 0.136. The molecule has 0 radical (unpaired) electrons. The van der Waals surface area contributed by atoms with Crippen molar-refractivity contribution in [3.8, 4) is 17.0 Å². The minimum absolute atomic E-state index is 0.204. The van der Waals surface area contributed by atoms with E-state index in [1.165, 1.54) is 5.56 Å². The van der Waals surface area contributed by atoms with Gasteiger partial charge in [0.25, 0.3) is 0 Å². The molecule has 2 heterocycles. The van der Waals surface area contributed by atoms with Crippen LogP contribution in [-0.4, -0.2) is 14.5 Å². The molecule has 0 saturated carbocycles. The number of aryl methyl sites for hydroxylation is 3. The molecule has 0 aliphatic heterocycles. The van der Waals surface area contributed by atoms with Crippen molar-refractivity contribution in [2.45, 2.75) is 20.8 Å². The van der Waals surface area contributed by atoms with Gasteiger partial charge in [-0.2, -0.15) is 0 Å². The van der Waals surface area contributed by atoms with Gasteiger partial charge in [0, 0.05) is 11.8 Å². The van der Waals surface area contributed by atoms with Crippen molar-refractivity contribution < 1.29 is 5.11 Å². The van der Waals surface area contributed by atoms with Crippen molar-refractivity contribution >= 4 is 17.2 Å². The number of benzene rings is 2. The Morgan fingerprint density at radius 3 is 2.44 bits per heavy atom. The van der Waals surface area contributed by atoms with Crippen LogP contribution in [0.5, 0.6) is 5.75 Å². The van der Waals surface area contributed by atoms with Gasteiger partial charge in [0.15, 0.2) is 5.82 Å². The molecule has 0 atom stereocenters. The molecule has 27 heavy (non-hydrogen) atoms. The van der Waals surface area contributed by atoms with Crippen LogP contribution >= 0.6 is 0 Å². The highest BCUT2D eigenvalue weighted by Crippen LogP contribution is 2.35. The van der Waals surface area contributed by atoms with Crippen LogP contribution in [0.4, 0.5) is 11.5 Å². The number of hydrogen-bond donors (Lipinski definition) is 1. The van der Waals surface area contributed by atoms with Crippen LogP contribution < -0.4 is 0 Å². The van der Waals surface area contributed by atoms with Crippen LogP contribution in [0, 0.1) is 20.8 Å². The summed E-state index contributed by atoms with van der Waals surface area (Å²) in [4.78, 5) is 4.88. The van der Waals surface area contributed by atoms with Gasteiger partial charge in [0.1, 0.15) is 17.1 Å². The monoisotopic (exact) mass is 356 g/mol. The zero-order valence-corrected chi connectivity index (χ0v) is 15.5. The van der Waals surface area contributed by atoms with Gasteiger partial charge < -0.3 is 5.11 Å². The molecule has 0 aliphatic carbocycles. The van der Waals surface area contributed by atoms with Crippen molar-refractivity contribution in [1.29, 1.82) is 0 Å². The number of aromatic hydroxyl groups is 1. The summed E-state index contributed by atoms with van der Waals surface area (Å²) >= 11 is 0. The molecule has 4 rings (SSSR count). The number of imidazole rings is 1. The van der Waals surface area contributed by atoms with Crippen LogP contribution in [0.1, 0.15) is 16.7 Å². The Hall–Kier alpha value is -3.47. The lowest BCUT2D eigenvalue weighted by atomic mass is 10.0. The second-order valence-corrected chi connectivity index (χ2v) is 6.70. The molecule has 2 aromatic carbocycles. The third-order valence-corrected chi connectivity index (χ3v) is 4.58. The highest BCUT2D eigenvalue weighted by Gasteiger charge is 2.17. The van der Waals surface area contributed by atoms with Gasteiger partial charge in [-0.05, 0) is 68.3 Å². The molecular weight excluding hydrogens is 336 g/mol. The molecule has 2 aromatic heterocycles. The minimum Gasteiger partial charge on any atom is -0.508 e. The van der Waals surface area contributed by atoms with Crippen LogP contribution in [0.15, 0.2) is 71.0 Å². The standard InChI is InChI=1S/C22H20N4O/c1-14-6-7-15(2)19(13-14)20-22(25-24-17-8-10-18(27)11-9-17)26-12-4-5-16(3)21(26)23-20/h4-13,27H,1-3H3. The van der Waals surface area contributed by atoms with E-state index in [1.54, 1.807) is 24.3 Å². The molecule has 4 aromatic rings. The number of aromatic nitrogens is 2. The van der Waals surface area contributed by atoms with Crippen molar-refractivity contribution in [1.82, 2.24) is 9.38 Å². The second kappa shape index (κ2) is 6.68. The minimum atomic E-state index is 0.204. The molecular formula is C22H20N4O. The number of hydrogen-bond acceptors (Lipinski definition) is 4. The number of azo groups is 1. The summed E-state index contributed by atoms with van der Waals surface area (Å²) in [5, 5.41) is 18.3. The van der Waals surface area contributed by atoms with Crippen LogP contribution in [0.3, 0.4) is 0 Å². The number of phenolic OH excluding ortho intramolecular Hbond substituents is 1. The Kier molecular flexibility index (Phi) is 4.20. The Morgan fingerprint density at radius 1 is 0.889 bits per heavy atom. The Labute approximate surface area is 157 Å². The van der Waals surface area contributed by atoms with Crippen molar-refractivity contribution in [2.24, 2.45) is 10.2 Å². The van der Waals surface area contributed by atoms with Gasteiger partial charge in [-0.25, -0.2) is 4.98 Å². The summed E-state index contributed by atoms with van der Waals surface area (Å²) in [6.45, 7) is 6.18. The maximum atomic E-state index is 9.44. The van der Waals surface area contributed by atoms with E-state index < -0.39 is 0 Å². The van der Waals surface area contributed by atoms with E-state index in [2.05, 4.69) is 42.3 Å². The summed E-state index contributed by atoms with van der Waals surface area (Å²) in [6.07, 6.45) is 1.95. The van der Waals surface area contributed by atoms with Crippen molar-refractivity contribution in [2.75, 3.05) is 0 Å². The van der Waals surface area contributed by atoms with Gasteiger partial charge >= 0.3 is 0 Å². The molecule has 134 valence electrons. The van der Waals surface area contributed by atoms with Crippen LogP contribution in [0.25, 0.3) is 16.9 Å². The zero-order chi connectivity index (χ0) is 19.0. The number of fused-ring (bicyclic) bond motifs is 1. The highest BCUT2D eigenvalue weighted by molar-refractivity contribution is 5.77. The van der Waals surface area contributed by atoms with Crippen molar-refractivity contribution in [3.05, 3.63) is 77.5 Å². The number of rotatable bonds is 3. The number of pyridine rings is 1. The summed E-state index contributed by atoms with van der Waals surface area (Å²) in [6, 6.07) is 17.0. The first-order valence-electron chi connectivity index (χ1n) is 8.79. The van der Waals surface area contributed by atoms with Gasteiger partial charge in [0.05, 0.1) is 5.69 Å². The van der Waals surface area contributed by atoms with Gasteiger partial charge in [-0.3, -0.25) is 4.40 Å². The fourth-order valence-electron chi connectivity index (χ4n) is 3.08. The highest BCUT2D eigenvalue weighted by atomic mass is 16.3. The second-order valence-electron chi connectivity index (χ2n) is 6.70. The number of nitrogens with zero attached hydrogens (tertiary/aromatic N) is 4. The average molecular weight is 356 g/mol. The van der Waals surface area contributed by atoms with Gasteiger partial charge in [-0.1, -0.05) is 23.8 Å². The summed E-state index contributed by atoms with van der Waals surface area (Å²) in [5.74, 6) is 0.894. The van der Waals surface area contributed by atoms with E-state index in [1.807, 2.05) is 29.7 Å². The van der Waals surface area contributed by atoms with Crippen LogP contribution in [0.2, 0.25) is 0 Å². The van der Waals surface area contributed by atoms with E-state index in [9.17, 15) is 5.11 Å². The molecule has 0 aliphatic rings. The van der Waals surface area contributed by atoms with Gasteiger partial charge in [-0.15, -0.1) is 10.2 Å². The first-order chi connectivity index (χ1) is 13.0. The van der Waals surface area contributed by atoms with E-state index in [-0.39, 0.29) is 5.75 Å².